The van der Waals surface area contributed by atoms with Crippen molar-refractivity contribution in [2.24, 2.45) is 5.41 Å². The quantitative estimate of drug-likeness (QED) is 0.661. The topological polar surface area (TPSA) is 84.5 Å². The minimum absolute atomic E-state index is 0.0834. The molecule has 0 spiro atoms. The van der Waals surface area contributed by atoms with E-state index >= 15 is 0 Å². The van der Waals surface area contributed by atoms with E-state index in [4.69, 9.17) is 0 Å². The molecule has 106 valence electrons. The van der Waals surface area contributed by atoms with Crippen LogP contribution in [0.2, 0.25) is 0 Å². The molecule has 0 radical (unpaired) electrons. The van der Waals surface area contributed by atoms with Crippen LogP contribution in [0.15, 0.2) is 0 Å². The molecule has 0 amide bonds. The fraction of sp³-hybridized carbons (Fsp3) is 0.909. The molecule has 0 aromatic heterocycles. The second-order valence-corrected chi connectivity index (χ2v) is 6.78. The number of hydrogen-bond donors (Lipinski definition) is 2. The number of sulfonamides is 1. The Hall–Kier alpha value is -0.660. The predicted octanol–water partition coefficient (Wildman–Crippen LogP) is -0.141. The summed E-state index contributed by atoms with van der Waals surface area (Å²) in [5.41, 5.74) is -0.0834. The Bertz CT molecular complexity index is 375. The summed E-state index contributed by atoms with van der Waals surface area (Å²) in [5.74, 6) is -1.32. The van der Waals surface area contributed by atoms with Crippen molar-refractivity contribution in [1.29, 1.82) is 0 Å². The summed E-state index contributed by atoms with van der Waals surface area (Å²) in [6.07, 6.45) is 2.01. The summed E-state index contributed by atoms with van der Waals surface area (Å²) in [7, 11) is -3.59. The lowest BCUT2D eigenvalue weighted by atomic mass is 9.83. The molecule has 7 heteroatoms. The van der Waals surface area contributed by atoms with Crippen LogP contribution >= 0.6 is 0 Å². The van der Waals surface area contributed by atoms with Gasteiger partial charge >= 0.3 is 5.97 Å². The summed E-state index contributed by atoms with van der Waals surface area (Å²) in [4.78, 5) is 11.1. The number of esters is 1. The lowest BCUT2D eigenvalue weighted by Gasteiger charge is -2.34. The third kappa shape index (κ3) is 5.32. The van der Waals surface area contributed by atoms with Crippen LogP contribution in [-0.2, 0) is 19.6 Å². The maximum Gasteiger partial charge on any atom is 0.322 e. The average molecular weight is 278 g/mol. The van der Waals surface area contributed by atoms with E-state index in [2.05, 4.69) is 14.8 Å². The summed E-state index contributed by atoms with van der Waals surface area (Å²) in [6, 6.07) is 0. The van der Waals surface area contributed by atoms with E-state index in [1.165, 1.54) is 0 Å². The van der Waals surface area contributed by atoms with Crippen molar-refractivity contribution in [3.05, 3.63) is 0 Å². The molecule has 1 saturated heterocycles. The Morgan fingerprint density at radius 1 is 1.50 bits per heavy atom. The fourth-order valence-corrected chi connectivity index (χ4v) is 3.03. The van der Waals surface area contributed by atoms with Gasteiger partial charge in [-0.05, 0) is 31.7 Å². The molecular formula is C11H22N2O4S. The van der Waals surface area contributed by atoms with Crippen LogP contribution in [0.25, 0.3) is 0 Å². The van der Waals surface area contributed by atoms with Crippen molar-refractivity contribution in [3.8, 4) is 0 Å². The Kier molecular flexibility index (Phi) is 5.55. The zero-order valence-electron chi connectivity index (χ0n) is 11.0. The molecule has 1 aliphatic rings. The van der Waals surface area contributed by atoms with E-state index in [0.29, 0.717) is 6.54 Å². The van der Waals surface area contributed by atoms with Crippen LogP contribution in [0.4, 0.5) is 0 Å². The normalized spacial score (nSPS) is 24.8. The van der Waals surface area contributed by atoms with Crippen LogP contribution in [0.3, 0.4) is 0 Å². The second-order valence-electron chi connectivity index (χ2n) is 4.98. The smallest absolute Gasteiger partial charge is 0.322 e. The van der Waals surface area contributed by atoms with Crippen LogP contribution in [0.5, 0.6) is 0 Å². The minimum Gasteiger partial charge on any atom is -0.465 e. The van der Waals surface area contributed by atoms with Crippen molar-refractivity contribution in [1.82, 2.24) is 10.0 Å². The zero-order valence-corrected chi connectivity index (χ0v) is 11.8. The lowest BCUT2D eigenvalue weighted by molar-refractivity contribution is -0.139. The highest BCUT2D eigenvalue weighted by atomic mass is 32.2. The van der Waals surface area contributed by atoms with Crippen molar-refractivity contribution < 1.29 is 17.9 Å². The van der Waals surface area contributed by atoms with Gasteiger partial charge in [0.15, 0.2) is 5.75 Å². The van der Waals surface area contributed by atoms with Gasteiger partial charge in [0.25, 0.3) is 0 Å². The second kappa shape index (κ2) is 6.49. The molecule has 1 unspecified atom stereocenters. The van der Waals surface area contributed by atoms with Gasteiger partial charge in [-0.15, -0.1) is 0 Å². The Morgan fingerprint density at radius 2 is 2.22 bits per heavy atom. The number of hydrogen-bond acceptors (Lipinski definition) is 5. The van der Waals surface area contributed by atoms with E-state index in [1.807, 2.05) is 6.92 Å². The standard InChI is InChI=1S/C11H22N2O4S/c1-3-17-10(14)7-18(15,16)13-9-11(2)5-4-6-12-8-11/h12-13H,3-9H2,1-2H3. The molecule has 6 nitrogen and oxygen atoms in total. The van der Waals surface area contributed by atoms with Gasteiger partial charge in [0.1, 0.15) is 0 Å². The Morgan fingerprint density at radius 3 is 2.78 bits per heavy atom. The van der Waals surface area contributed by atoms with E-state index in [1.54, 1.807) is 6.92 Å². The number of carbonyl (C=O) groups excluding carboxylic acids is 1. The maximum absolute atomic E-state index is 11.7. The van der Waals surface area contributed by atoms with Crippen LogP contribution in [0.1, 0.15) is 26.7 Å². The number of nitrogens with one attached hydrogen (secondary N) is 2. The van der Waals surface area contributed by atoms with Crippen molar-refractivity contribution in [2.75, 3.05) is 32.0 Å². The van der Waals surface area contributed by atoms with E-state index < -0.39 is 21.7 Å². The van der Waals surface area contributed by atoms with Gasteiger partial charge in [-0.3, -0.25) is 4.79 Å². The number of rotatable bonds is 6. The molecule has 1 heterocycles. The van der Waals surface area contributed by atoms with E-state index in [0.717, 1.165) is 25.9 Å². The molecule has 0 saturated carbocycles. The van der Waals surface area contributed by atoms with Crippen LogP contribution in [0, 0.1) is 5.41 Å². The highest BCUT2D eigenvalue weighted by Crippen LogP contribution is 2.24. The third-order valence-corrected chi connectivity index (χ3v) is 4.22. The van der Waals surface area contributed by atoms with Crippen molar-refractivity contribution in [2.45, 2.75) is 26.7 Å². The average Bonchev–Trinajstić information content (AvgIpc) is 2.27. The van der Waals surface area contributed by atoms with Gasteiger partial charge in [0.2, 0.25) is 10.0 Å². The summed E-state index contributed by atoms with van der Waals surface area (Å²) >= 11 is 0. The molecule has 18 heavy (non-hydrogen) atoms. The van der Waals surface area contributed by atoms with Gasteiger partial charge in [0.05, 0.1) is 6.61 Å². The molecule has 0 aromatic rings. The van der Waals surface area contributed by atoms with Crippen molar-refractivity contribution >= 4 is 16.0 Å². The lowest BCUT2D eigenvalue weighted by Crippen LogP contribution is -2.46. The first-order chi connectivity index (χ1) is 8.37. The zero-order chi connectivity index (χ0) is 13.6. The number of ether oxygens (including phenoxy) is 1. The van der Waals surface area contributed by atoms with Gasteiger partial charge in [-0.2, -0.15) is 0 Å². The molecule has 1 fully saturated rings. The van der Waals surface area contributed by atoms with E-state index in [-0.39, 0.29) is 12.0 Å². The molecular weight excluding hydrogens is 256 g/mol. The molecule has 1 aliphatic heterocycles. The molecule has 0 aromatic carbocycles. The highest BCUT2D eigenvalue weighted by Gasteiger charge is 2.29. The summed E-state index contributed by atoms with van der Waals surface area (Å²) in [6.45, 7) is 5.98. The number of carbonyl (C=O) groups is 1. The molecule has 2 N–H and O–H groups in total. The molecule has 0 aliphatic carbocycles. The summed E-state index contributed by atoms with van der Waals surface area (Å²) in [5, 5.41) is 3.25. The first-order valence-corrected chi connectivity index (χ1v) is 7.86. The predicted molar refractivity (Wildman–Crippen MR) is 68.6 cm³/mol. The largest absolute Gasteiger partial charge is 0.465 e. The minimum atomic E-state index is -3.59. The molecule has 0 bridgehead atoms. The molecule has 1 rings (SSSR count). The summed E-state index contributed by atoms with van der Waals surface area (Å²) < 4.78 is 30.5. The maximum atomic E-state index is 11.7. The highest BCUT2D eigenvalue weighted by molar-refractivity contribution is 7.90. The third-order valence-electron chi connectivity index (χ3n) is 3.02. The Balaban J connectivity index is 2.43. The first-order valence-electron chi connectivity index (χ1n) is 6.21. The van der Waals surface area contributed by atoms with Gasteiger partial charge < -0.3 is 10.1 Å². The van der Waals surface area contributed by atoms with Crippen LogP contribution in [-0.4, -0.2) is 46.4 Å². The van der Waals surface area contributed by atoms with Crippen LogP contribution < -0.4 is 10.0 Å². The SMILES string of the molecule is CCOC(=O)CS(=O)(=O)NCC1(C)CCCNC1. The van der Waals surface area contributed by atoms with Gasteiger partial charge in [-0.1, -0.05) is 6.92 Å². The number of piperidine rings is 1. The van der Waals surface area contributed by atoms with Crippen molar-refractivity contribution in [3.63, 3.8) is 0 Å². The Labute approximate surface area is 109 Å². The molecule has 1 atom stereocenters. The van der Waals surface area contributed by atoms with Gasteiger partial charge in [0, 0.05) is 13.1 Å². The van der Waals surface area contributed by atoms with E-state index in [9.17, 15) is 13.2 Å². The first kappa shape index (κ1) is 15.4. The fourth-order valence-electron chi connectivity index (χ4n) is 1.96. The monoisotopic (exact) mass is 278 g/mol. The van der Waals surface area contributed by atoms with Gasteiger partial charge in [-0.25, -0.2) is 13.1 Å².